The minimum atomic E-state index is 0.0756. The highest BCUT2D eigenvalue weighted by Crippen LogP contribution is 2.13. The fourth-order valence-corrected chi connectivity index (χ4v) is 3.00. The van der Waals surface area contributed by atoms with Crippen LogP contribution in [0.3, 0.4) is 0 Å². The highest BCUT2D eigenvalue weighted by molar-refractivity contribution is 7.09. The van der Waals surface area contributed by atoms with Gasteiger partial charge in [0.2, 0.25) is 0 Å². The largest absolute Gasteiger partial charge is 0.323 e. The molecule has 0 radical (unpaired) electrons. The van der Waals surface area contributed by atoms with E-state index < -0.39 is 0 Å². The molecule has 0 saturated heterocycles. The summed E-state index contributed by atoms with van der Waals surface area (Å²) in [5.74, 6) is 0.0756. The Morgan fingerprint density at radius 1 is 1.24 bits per heavy atom. The fourth-order valence-electron chi connectivity index (χ4n) is 2.22. The van der Waals surface area contributed by atoms with Crippen LogP contribution in [0.25, 0.3) is 0 Å². The van der Waals surface area contributed by atoms with Crippen molar-refractivity contribution in [3.05, 3.63) is 51.7 Å². The predicted octanol–water partition coefficient (Wildman–Crippen LogP) is 2.41. The Hall–Kier alpha value is -1.65. The zero-order valence-corrected chi connectivity index (χ0v) is 13.7. The minimum absolute atomic E-state index is 0.0756. The van der Waals surface area contributed by atoms with Crippen molar-refractivity contribution in [2.45, 2.75) is 27.3 Å². The van der Waals surface area contributed by atoms with Crippen molar-refractivity contribution in [3.8, 4) is 0 Å². The van der Waals surface area contributed by atoms with Gasteiger partial charge in [0.15, 0.2) is 6.54 Å². The van der Waals surface area contributed by atoms with Crippen LogP contribution in [0.4, 0.5) is 5.69 Å². The van der Waals surface area contributed by atoms with Gasteiger partial charge in [-0.05, 0) is 55.5 Å². The smallest absolute Gasteiger partial charge is 0.279 e. The molecule has 2 aromatic rings. The Bertz CT molecular complexity index is 593. The number of benzene rings is 1. The average Bonchev–Trinajstić information content (AvgIpc) is 2.95. The molecule has 0 saturated carbocycles. The zero-order chi connectivity index (χ0) is 15.2. The number of aryl methyl sites for hydroxylation is 2. The molecule has 0 bridgehead atoms. The summed E-state index contributed by atoms with van der Waals surface area (Å²) in [5.41, 5.74) is 3.33. The predicted molar refractivity (Wildman–Crippen MR) is 88.9 cm³/mol. The molecule has 112 valence electrons. The first kappa shape index (κ1) is 15.7. The van der Waals surface area contributed by atoms with E-state index in [0.717, 1.165) is 18.8 Å². The quantitative estimate of drug-likeness (QED) is 0.844. The van der Waals surface area contributed by atoms with Crippen LogP contribution in [0.1, 0.15) is 22.9 Å². The summed E-state index contributed by atoms with van der Waals surface area (Å²) in [7, 11) is 0. The number of carbonyl (C=O) groups excluding carboxylic acids is 1. The zero-order valence-electron chi connectivity index (χ0n) is 12.9. The van der Waals surface area contributed by atoms with E-state index in [1.54, 1.807) is 11.3 Å². The summed E-state index contributed by atoms with van der Waals surface area (Å²) >= 11 is 1.75. The summed E-state index contributed by atoms with van der Waals surface area (Å²) in [6.07, 6.45) is 0. The Labute approximate surface area is 130 Å². The van der Waals surface area contributed by atoms with Gasteiger partial charge in [0.05, 0.1) is 11.4 Å². The number of likely N-dealkylation sites (N-methyl/N-ethyl adjacent to an activating group) is 1. The number of quaternary nitrogens is 1. The van der Waals surface area contributed by atoms with E-state index in [9.17, 15) is 4.79 Å². The number of carbonyl (C=O) groups is 1. The number of amides is 1. The minimum Gasteiger partial charge on any atom is -0.323 e. The van der Waals surface area contributed by atoms with E-state index in [1.807, 2.05) is 18.2 Å². The molecule has 1 heterocycles. The molecule has 0 fully saturated rings. The maximum absolute atomic E-state index is 12.2. The highest BCUT2D eigenvalue weighted by atomic mass is 32.1. The maximum atomic E-state index is 12.2. The van der Waals surface area contributed by atoms with Crippen LogP contribution < -0.4 is 10.2 Å². The Morgan fingerprint density at radius 2 is 2.05 bits per heavy atom. The third-order valence-corrected chi connectivity index (χ3v) is 4.58. The van der Waals surface area contributed by atoms with E-state index in [0.29, 0.717) is 6.54 Å². The molecule has 0 aliphatic rings. The first-order valence-electron chi connectivity index (χ1n) is 7.31. The summed E-state index contributed by atoms with van der Waals surface area (Å²) in [6, 6.07) is 10.2. The number of rotatable bonds is 6. The molecular formula is C17H23N2OS+. The highest BCUT2D eigenvalue weighted by Gasteiger charge is 2.14. The van der Waals surface area contributed by atoms with Crippen LogP contribution in [0.5, 0.6) is 0 Å². The summed E-state index contributed by atoms with van der Waals surface area (Å²) in [5, 5.41) is 5.08. The van der Waals surface area contributed by atoms with Gasteiger partial charge in [0.1, 0.15) is 6.54 Å². The van der Waals surface area contributed by atoms with E-state index in [2.05, 4.69) is 43.6 Å². The maximum Gasteiger partial charge on any atom is 0.279 e. The van der Waals surface area contributed by atoms with Crippen molar-refractivity contribution >= 4 is 22.9 Å². The van der Waals surface area contributed by atoms with Gasteiger partial charge in [-0.2, -0.15) is 0 Å². The second-order valence-corrected chi connectivity index (χ2v) is 6.42. The monoisotopic (exact) mass is 303 g/mol. The lowest BCUT2D eigenvalue weighted by atomic mass is 10.1. The summed E-state index contributed by atoms with van der Waals surface area (Å²) in [6.45, 7) is 8.61. The number of nitrogens with one attached hydrogen (secondary N) is 2. The molecular weight excluding hydrogens is 280 g/mol. The van der Waals surface area contributed by atoms with Gasteiger partial charge < -0.3 is 10.2 Å². The molecule has 3 nitrogen and oxygen atoms in total. The lowest BCUT2D eigenvalue weighted by molar-refractivity contribution is -0.903. The number of hydrogen-bond donors (Lipinski definition) is 2. The van der Waals surface area contributed by atoms with Crippen molar-refractivity contribution in [2.24, 2.45) is 0 Å². The molecule has 0 aliphatic heterocycles. The van der Waals surface area contributed by atoms with Gasteiger partial charge in [0.25, 0.3) is 5.91 Å². The van der Waals surface area contributed by atoms with Crippen molar-refractivity contribution in [1.82, 2.24) is 0 Å². The van der Waals surface area contributed by atoms with E-state index >= 15 is 0 Å². The van der Waals surface area contributed by atoms with Gasteiger partial charge in [0, 0.05) is 5.69 Å². The molecule has 2 N–H and O–H groups in total. The van der Waals surface area contributed by atoms with Crippen LogP contribution in [0, 0.1) is 13.8 Å². The first-order valence-corrected chi connectivity index (χ1v) is 8.19. The molecule has 1 amide bonds. The van der Waals surface area contributed by atoms with Crippen molar-refractivity contribution < 1.29 is 9.69 Å². The topological polar surface area (TPSA) is 33.5 Å². The van der Waals surface area contributed by atoms with Gasteiger partial charge in [-0.15, -0.1) is 11.3 Å². The normalized spacial score (nSPS) is 12.1. The molecule has 1 aromatic heterocycles. The lowest BCUT2D eigenvalue weighted by Gasteiger charge is -2.16. The second-order valence-electron chi connectivity index (χ2n) is 5.38. The van der Waals surface area contributed by atoms with Gasteiger partial charge >= 0.3 is 0 Å². The molecule has 1 atom stereocenters. The van der Waals surface area contributed by atoms with E-state index in [1.165, 1.54) is 20.9 Å². The fraction of sp³-hybridized carbons (Fsp3) is 0.353. The van der Waals surface area contributed by atoms with Gasteiger partial charge in [-0.3, -0.25) is 4.79 Å². The van der Waals surface area contributed by atoms with Crippen molar-refractivity contribution in [1.29, 1.82) is 0 Å². The molecule has 2 rings (SSSR count). The Kier molecular flexibility index (Phi) is 5.53. The van der Waals surface area contributed by atoms with Crippen LogP contribution in [-0.2, 0) is 11.3 Å². The summed E-state index contributed by atoms with van der Waals surface area (Å²) < 4.78 is 0. The number of hydrogen-bond acceptors (Lipinski definition) is 2. The third kappa shape index (κ3) is 4.69. The standard InChI is InChI=1S/C17H22N2OS/c1-4-19(11-16-6-5-9-21-16)12-17(20)18-15-8-7-13(2)14(3)10-15/h5-10H,4,11-12H2,1-3H3,(H,18,20)/p+1. The SMILES string of the molecule is CC[NH+](CC(=O)Nc1ccc(C)c(C)c1)Cc1cccs1. The Morgan fingerprint density at radius 3 is 2.67 bits per heavy atom. The molecule has 0 aliphatic carbocycles. The Balaban J connectivity index is 1.91. The van der Waals surface area contributed by atoms with Gasteiger partial charge in [-0.1, -0.05) is 12.1 Å². The molecule has 4 heteroatoms. The third-order valence-electron chi connectivity index (χ3n) is 3.71. The molecule has 21 heavy (non-hydrogen) atoms. The summed E-state index contributed by atoms with van der Waals surface area (Å²) in [4.78, 5) is 14.8. The molecule has 1 unspecified atom stereocenters. The second kappa shape index (κ2) is 7.38. The van der Waals surface area contributed by atoms with Crippen LogP contribution in [0.15, 0.2) is 35.7 Å². The number of thiophene rings is 1. The van der Waals surface area contributed by atoms with E-state index in [4.69, 9.17) is 0 Å². The van der Waals surface area contributed by atoms with Crippen molar-refractivity contribution in [3.63, 3.8) is 0 Å². The molecule has 1 aromatic carbocycles. The average molecular weight is 303 g/mol. The van der Waals surface area contributed by atoms with Crippen molar-refractivity contribution in [2.75, 3.05) is 18.4 Å². The van der Waals surface area contributed by atoms with E-state index in [-0.39, 0.29) is 5.91 Å². The van der Waals surface area contributed by atoms with Crippen LogP contribution in [-0.4, -0.2) is 19.0 Å². The number of anilines is 1. The molecule has 0 spiro atoms. The van der Waals surface area contributed by atoms with Crippen LogP contribution in [0.2, 0.25) is 0 Å². The first-order chi connectivity index (χ1) is 10.1. The van der Waals surface area contributed by atoms with Crippen LogP contribution >= 0.6 is 11.3 Å². The lowest BCUT2D eigenvalue weighted by Crippen LogP contribution is -3.11. The van der Waals surface area contributed by atoms with Gasteiger partial charge in [-0.25, -0.2) is 0 Å².